The first-order valence-electron chi connectivity index (χ1n) is 2.46. The van der Waals surface area contributed by atoms with Crippen LogP contribution in [0.1, 0.15) is 0 Å². The molecule has 2 heteroatoms. The lowest BCUT2D eigenvalue weighted by Crippen LogP contribution is -1.49. The van der Waals surface area contributed by atoms with Crippen LogP contribution < -0.4 is 0 Å². The molecule has 0 unspecified atom stereocenters. The van der Waals surface area contributed by atoms with Crippen molar-refractivity contribution in [3.05, 3.63) is 24.8 Å². The molecule has 0 radical (unpaired) electrons. The standard InChI is InChI=1S/C6H5NO/c1-2-7-6-4-8-3-5(1)6/h1-4,7H. The van der Waals surface area contributed by atoms with E-state index in [9.17, 15) is 0 Å². The number of fused-ring (bicyclic) bond motifs is 1. The van der Waals surface area contributed by atoms with Crippen molar-refractivity contribution in [3.8, 4) is 0 Å². The average molecular weight is 107 g/mol. The maximum atomic E-state index is 4.87. The normalized spacial score (nSPS) is 10.5. The van der Waals surface area contributed by atoms with E-state index in [0.29, 0.717) is 0 Å². The summed E-state index contributed by atoms with van der Waals surface area (Å²) < 4.78 is 4.87. The molecule has 40 valence electrons. The summed E-state index contributed by atoms with van der Waals surface area (Å²) in [5.41, 5.74) is 1.06. The van der Waals surface area contributed by atoms with Gasteiger partial charge in [-0.25, -0.2) is 0 Å². The molecule has 0 aliphatic carbocycles. The van der Waals surface area contributed by atoms with E-state index in [0.717, 1.165) is 10.9 Å². The van der Waals surface area contributed by atoms with Gasteiger partial charge < -0.3 is 9.40 Å². The lowest BCUT2D eigenvalue weighted by Gasteiger charge is -1.64. The van der Waals surface area contributed by atoms with Crippen LogP contribution in [-0.4, -0.2) is 4.98 Å². The molecule has 8 heavy (non-hydrogen) atoms. The van der Waals surface area contributed by atoms with E-state index in [1.54, 1.807) is 12.5 Å². The topological polar surface area (TPSA) is 28.9 Å². The van der Waals surface area contributed by atoms with Crippen molar-refractivity contribution in [2.45, 2.75) is 0 Å². The van der Waals surface area contributed by atoms with Gasteiger partial charge in [0.2, 0.25) is 0 Å². The maximum absolute atomic E-state index is 4.87. The quantitative estimate of drug-likeness (QED) is 0.546. The predicted octanol–water partition coefficient (Wildman–Crippen LogP) is 1.76. The molecule has 2 aromatic heterocycles. The Labute approximate surface area is 46.1 Å². The van der Waals surface area contributed by atoms with Gasteiger partial charge in [0.15, 0.2) is 0 Å². The van der Waals surface area contributed by atoms with Gasteiger partial charge in [-0.2, -0.15) is 0 Å². The summed E-state index contributed by atoms with van der Waals surface area (Å²) in [6.07, 6.45) is 5.29. The molecule has 0 aromatic carbocycles. The monoisotopic (exact) mass is 107 g/mol. The van der Waals surface area contributed by atoms with E-state index >= 15 is 0 Å². The molecule has 0 aliphatic rings. The molecule has 0 amide bonds. The third-order valence-electron chi connectivity index (χ3n) is 1.19. The number of hydrogen-bond acceptors (Lipinski definition) is 1. The molecule has 0 spiro atoms. The fourth-order valence-corrected chi connectivity index (χ4v) is 0.775. The Bertz CT molecular complexity index is 230. The molecule has 0 atom stereocenters. The van der Waals surface area contributed by atoms with Gasteiger partial charge in [-0.05, 0) is 6.07 Å². The lowest BCUT2D eigenvalue weighted by atomic mass is 10.4. The van der Waals surface area contributed by atoms with Crippen LogP contribution in [0.3, 0.4) is 0 Å². The minimum atomic E-state index is 1.06. The Kier molecular flexibility index (Phi) is 0.545. The van der Waals surface area contributed by atoms with E-state index < -0.39 is 0 Å². The van der Waals surface area contributed by atoms with Crippen LogP contribution in [0.4, 0.5) is 0 Å². The molecule has 2 nitrogen and oxygen atoms in total. The van der Waals surface area contributed by atoms with Gasteiger partial charge >= 0.3 is 0 Å². The minimum Gasteiger partial charge on any atom is -0.470 e. The van der Waals surface area contributed by atoms with Gasteiger partial charge in [-0.3, -0.25) is 0 Å². The number of hydrogen-bond donors (Lipinski definition) is 1. The van der Waals surface area contributed by atoms with E-state index in [4.69, 9.17) is 4.42 Å². The van der Waals surface area contributed by atoms with E-state index in [-0.39, 0.29) is 0 Å². The summed E-state index contributed by atoms with van der Waals surface area (Å²) in [6.45, 7) is 0. The van der Waals surface area contributed by atoms with Crippen molar-refractivity contribution in [2.24, 2.45) is 0 Å². The average Bonchev–Trinajstić information content (AvgIpc) is 2.15. The zero-order valence-electron chi connectivity index (χ0n) is 4.22. The Morgan fingerprint density at radius 2 is 2.38 bits per heavy atom. The summed E-state index contributed by atoms with van der Waals surface area (Å²) in [6, 6.07) is 1.97. The molecule has 0 fully saturated rings. The molecule has 1 N–H and O–H groups in total. The number of rotatable bonds is 0. The number of aromatic nitrogens is 1. The first kappa shape index (κ1) is 3.78. The maximum Gasteiger partial charge on any atom is 0.114 e. The van der Waals surface area contributed by atoms with Gasteiger partial charge in [0.1, 0.15) is 6.26 Å². The number of furan rings is 1. The highest BCUT2D eigenvalue weighted by molar-refractivity contribution is 5.77. The molecule has 0 aliphatic heterocycles. The lowest BCUT2D eigenvalue weighted by molar-refractivity contribution is 0.571. The smallest absolute Gasteiger partial charge is 0.114 e. The molecule has 0 bridgehead atoms. The van der Waals surface area contributed by atoms with Crippen LogP contribution in [0.2, 0.25) is 0 Å². The summed E-state index contributed by atoms with van der Waals surface area (Å²) in [7, 11) is 0. The highest BCUT2D eigenvalue weighted by atomic mass is 16.3. The third-order valence-corrected chi connectivity index (χ3v) is 1.19. The van der Waals surface area contributed by atoms with Gasteiger partial charge in [-0.1, -0.05) is 0 Å². The van der Waals surface area contributed by atoms with Gasteiger partial charge in [0.05, 0.1) is 11.8 Å². The van der Waals surface area contributed by atoms with Crippen molar-refractivity contribution < 1.29 is 4.42 Å². The molecular formula is C6H5NO. The molecular weight excluding hydrogens is 102 g/mol. The van der Waals surface area contributed by atoms with Crippen molar-refractivity contribution in [2.75, 3.05) is 0 Å². The van der Waals surface area contributed by atoms with Crippen LogP contribution in [0.15, 0.2) is 29.2 Å². The highest BCUT2D eigenvalue weighted by Crippen LogP contribution is 2.10. The molecule has 0 saturated carbocycles. The summed E-state index contributed by atoms with van der Waals surface area (Å²) in [5, 5.41) is 1.13. The largest absolute Gasteiger partial charge is 0.470 e. The second-order valence-electron chi connectivity index (χ2n) is 1.72. The second-order valence-corrected chi connectivity index (χ2v) is 1.72. The SMILES string of the molecule is c1cc2cocc2[nH]1. The van der Waals surface area contributed by atoms with Crippen molar-refractivity contribution in [1.29, 1.82) is 0 Å². The molecule has 2 aromatic rings. The zero-order chi connectivity index (χ0) is 5.40. The second kappa shape index (κ2) is 1.15. The molecule has 0 saturated heterocycles. The molecule has 2 heterocycles. The first-order valence-corrected chi connectivity index (χ1v) is 2.46. The van der Waals surface area contributed by atoms with E-state index in [2.05, 4.69) is 4.98 Å². The van der Waals surface area contributed by atoms with Crippen molar-refractivity contribution >= 4 is 10.9 Å². The van der Waals surface area contributed by atoms with Crippen molar-refractivity contribution in [1.82, 2.24) is 4.98 Å². The van der Waals surface area contributed by atoms with Gasteiger partial charge in [0.25, 0.3) is 0 Å². The first-order chi connectivity index (χ1) is 3.97. The minimum absolute atomic E-state index is 1.06. The Morgan fingerprint density at radius 1 is 1.38 bits per heavy atom. The van der Waals surface area contributed by atoms with E-state index in [1.165, 1.54) is 0 Å². The Balaban J connectivity index is 3.06. The summed E-state index contributed by atoms with van der Waals surface area (Å²) >= 11 is 0. The Morgan fingerprint density at radius 3 is 3.25 bits per heavy atom. The van der Waals surface area contributed by atoms with Gasteiger partial charge in [-0.15, -0.1) is 0 Å². The fraction of sp³-hybridized carbons (Fsp3) is 0. The zero-order valence-corrected chi connectivity index (χ0v) is 4.22. The van der Waals surface area contributed by atoms with Crippen LogP contribution in [0, 0.1) is 0 Å². The molecule has 2 rings (SSSR count). The van der Waals surface area contributed by atoms with Crippen LogP contribution >= 0.6 is 0 Å². The highest BCUT2D eigenvalue weighted by Gasteiger charge is 1.91. The third kappa shape index (κ3) is 0.320. The fourth-order valence-electron chi connectivity index (χ4n) is 0.775. The summed E-state index contributed by atoms with van der Waals surface area (Å²) in [4.78, 5) is 3.01. The van der Waals surface area contributed by atoms with Crippen LogP contribution in [0.25, 0.3) is 10.9 Å². The van der Waals surface area contributed by atoms with Crippen molar-refractivity contribution in [3.63, 3.8) is 0 Å². The Hall–Kier alpha value is -1.18. The van der Waals surface area contributed by atoms with Crippen LogP contribution in [0.5, 0.6) is 0 Å². The number of aromatic amines is 1. The van der Waals surface area contributed by atoms with Gasteiger partial charge in [0, 0.05) is 11.6 Å². The van der Waals surface area contributed by atoms with Crippen LogP contribution in [-0.2, 0) is 0 Å². The summed E-state index contributed by atoms with van der Waals surface area (Å²) in [5.74, 6) is 0. The number of nitrogens with one attached hydrogen (secondary N) is 1. The van der Waals surface area contributed by atoms with E-state index in [1.807, 2.05) is 12.3 Å². The predicted molar refractivity (Wildman–Crippen MR) is 30.6 cm³/mol. The number of H-pyrrole nitrogens is 1.